The summed E-state index contributed by atoms with van der Waals surface area (Å²) < 4.78 is 13.3. The number of halogens is 2. The van der Waals surface area contributed by atoms with Gasteiger partial charge in [0.1, 0.15) is 12.0 Å². The number of hydrazine groups is 1. The van der Waals surface area contributed by atoms with Crippen molar-refractivity contribution in [2.75, 3.05) is 18.0 Å². The lowest BCUT2D eigenvalue weighted by molar-refractivity contribution is 0.0727. The molecule has 2 aliphatic heterocycles. The first-order valence-corrected chi connectivity index (χ1v) is 7.91. The van der Waals surface area contributed by atoms with Crippen molar-refractivity contribution in [3.8, 4) is 0 Å². The summed E-state index contributed by atoms with van der Waals surface area (Å²) >= 11 is 6.09. The zero-order valence-corrected chi connectivity index (χ0v) is 13.1. The average Bonchev–Trinajstić information content (AvgIpc) is 3.11. The van der Waals surface area contributed by atoms with Crippen molar-refractivity contribution in [2.24, 2.45) is 0 Å². The summed E-state index contributed by atoms with van der Waals surface area (Å²) in [5.74, 6) is -0.286. The molecular weight excluding hydrogens is 317 g/mol. The molecule has 0 spiro atoms. The summed E-state index contributed by atoms with van der Waals surface area (Å²) in [6.45, 7) is 1.50. The van der Waals surface area contributed by atoms with E-state index in [2.05, 4.69) is 0 Å². The van der Waals surface area contributed by atoms with E-state index in [1.54, 1.807) is 34.2 Å². The summed E-state index contributed by atoms with van der Waals surface area (Å²) in [6, 6.07) is 13.5. The Balaban J connectivity index is 1.81. The maximum absolute atomic E-state index is 13.3. The molecule has 2 heterocycles. The summed E-state index contributed by atoms with van der Waals surface area (Å²) in [4.78, 5) is 14.6. The van der Waals surface area contributed by atoms with Crippen LogP contribution in [0, 0.1) is 5.82 Å². The van der Waals surface area contributed by atoms with Crippen LogP contribution < -0.4 is 4.90 Å². The standard InChI is InChI=1S/C17H15ClFN3O/c18-13-3-1-4-15(11-13)22-16(12-5-7-14(19)8-6-12)20-9-2-10-21(20)17(22)23/h1,3-8,11,16H,2,9-10H2/t16-/m1/s1. The highest BCUT2D eigenvalue weighted by atomic mass is 35.5. The highest BCUT2D eigenvalue weighted by Crippen LogP contribution is 2.40. The molecule has 4 nitrogen and oxygen atoms in total. The van der Waals surface area contributed by atoms with Crippen molar-refractivity contribution < 1.29 is 9.18 Å². The molecule has 0 aromatic heterocycles. The number of hydrogen-bond acceptors (Lipinski definition) is 2. The Morgan fingerprint density at radius 1 is 1.09 bits per heavy atom. The van der Waals surface area contributed by atoms with E-state index >= 15 is 0 Å². The van der Waals surface area contributed by atoms with Crippen molar-refractivity contribution in [2.45, 2.75) is 12.6 Å². The van der Waals surface area contributed by atoms with Crippen LogP contribution in [0.5, 0.6) is 0 Å². The van der Waals surface area contributed by atoms with Crippen molar-refractivity contribution in [3.05, 3.63) is 64.9 Å². The molecule has 2 fully saturated rings. The first kappa shape index (κ1) is 14.5. The average molecular weight is 332 g/mol. The predicted octanol–water partition coefficient (Wildman–Crippen LogP) is 4.04. The van der Waals surface area contributed by atoms with E-state index in [9.17, 15) is 9.18 Å². The quantitative estimate of drug-likeness (QED) is 0.830. The Bertz CT molecular complexity index is 752. The van der Waals surface area contributed by atoms with Gasteiger partial charge in [0, 0.05) is 23.8 Å². The highest BCUT2D eigenvalue weighted by molar-refractivity contribution is 6.30. The largest absolute Gasteiger partial charge is 0.340 e. The summed E-state index contributed by atoms with van der Waals surface area (Å²) in [7, 11) is 0. The molecule has 0 N–H and O–H groups in total. The summed E-state index contributed by atoms with van der Waals surface area (Å²) in [5.41, 5.74) is 1.62. The lowest BCUT2D eigenvalue weighted by Crippen LogP contribution is -2.32. The van der Waals surface area contributed by atoms with Crippen LogP contribution in [0.1, 0.15) is 18.2 Å². The van der Waals surface area contributed by atoms with Gasteiger partial charge in [-0.2, -0.15) is 5.01 Å². The molecule has 4 rings (SSSR count). The van der Waals surface area contributed by atoms with Crippen molar-refractivity contribution in [3.63, 3.8) is 0 Å². The van der Waals surface area contributed by atoms with Crippen LogP contribution in [0.2, 0.25) is 5.02 Å². The predicted molar refractivity (Wildman–Crippen MR) is 86.5 cm³/mol. The first-order valence-electron chi connectivity index (χ1n) is 7.53. The molecule has 0 saturated carbocycles. The molecule has 6 heteroatoms. The Morgan fingerprint density at radius 2 is 1.87 bits per heavy atom. The lowest BCUT2D eigenvalue weighted by atomic mass is 10.1. The van der Waals surface area contributed by atoms with Crippen LogP contribution in [0.25, 0.3) is 0 Å². The fourth-order valence-electron chi connectivity index (χ4n) is 3.29. The minimum Gasteiger partial charge on any atom is -0.271 e. The van der Waals surface area contributed by atoms with E-state index in [4.69, 9.17) is 11.6 Å². The van der Waals surface area contributed by atoms with Crippen LogP contribution in [0.3, 0.4) is 0 Å². The molecule has 0 unspecified atom stereocenters. The Kier molecular flexibility index (Phi) is 3.47. The molecule has 0 radical (unpaired) electrons. The van der Waals surface area contributed by atoms with E-state index in [0.29, 0.717) is 11.6 Å². The molecule has 1 atom stereocenters. The molecule has 2 aromatic rings. The van der Waals surface area contributed by atoms with Crippen LogP contribution in [0.15, 0.2) is 48.5 Å². The van der Waals surface area contributed by atoms with Gasteiger partial charge >= 0.3 is 6.03 Å². The van der Waals surface area contributed by atoms with Crippen molar-refractivity contribution in [1.29, 1.82) is 0 Å². The monoisotopic (exact) mass is 331 g/mol. The van der Waals surface area contributed by atoms with E-state index in [0.717, 1.165) is 24.2 Å². The van der Waals surface area contributed by atoms with Crippen molar-refractivity contribution in [1.82, 2.24) is 10.0 Å². The van der Waals surface area contributed by atoms with Crippen LogP contribution in [-0.4, -0.2) is 29.1 Å². The third kappa shape index (κ3) is 2.36. The summed E-state index contributed by atoms with van der Waals surface area (Å²) in [5, 5.41) is 4.38. The van der Waals surface area contributed by atoms with Gasteiger partial charge in [0.05, 0.1) is 0 Å². The van der Waals surface area contributed by atoms with Gasteiger partial charge in [-0.1, -0.05) is 29.8 Å². The highest BCUT2D eigenvalue weighted by Gasteiger charge is 2.47. The number of benzene rings is 2. The minimum absolute atomic E-state index is 0.0703. The van der Waals surface area contributed by atoms with Crippen LogP contribution >= 0.6 is 11.6 Å². The normalized spacial score (nSPS) is 21.1. The van der Waals surface area contributed by atoms with E-state index < -0.39 is 0 Å². The zero-order chi connectivity index (χ0) is 16.0. The molecule has 0 aliphatic carbocycles. The third-order valence-corrected chi connectivity index (χ3v) is 4.51. The fourth-order valence-corrected chi connectivity index (χ4v) is 3.47. The number of hydrogen-bond donors (Lipinski definition) is 0. The number of anilines is 1. The number of amides is 2. The molecule has 0 bridgehead atoms. The second-order valence-corrected chi connectivity index (χ2v) is 6.13. The molecule has 2 saturated heterocycles. The minimum atomic E-state index is -0.286. The van der Waals surface area contributed by atoms with Gasteiger partial charge in [-0.25, -0.2) is 9.18 Å². The van der Waals surface area contributed by atoms with Crippen LogP contribution in [0.4, 0.5) is 14.9 Å². The van der Waals surface area contributed by atoms with E-state index in [-0.39, 0.29) is 18.0 Å². The van der Waals surface area contributed by atoms with Gasteiger partial charge in [0.25, 0.3) is 0 Å². The summed E-state index contributed by atoms with van der Waals surface area (Å²) in [6.07, 6.45) is 0.663. The number of rotatable bonds is 2. The van der Waals surface area contributed by atoms with Gasteiger partial charge < -0.3 is 0 Å². The molecule has 2 amide bonds. The van der Waals surface area contributed by atoms with Gasteiger partial charge in [-0.3, -0.25) is 9.91 Å². The van der Waals surface area contributed by atoms with E-state index in [1.165, 1.54) is 12.1 Å². The number of nitrogens with zero attached hydrogens (tertiary/aromatic N) is 3. The topological polar surface area (TPSA) is 26.8 Å². The first-order chi connectivity index (χ1) is 11.1. The van der Waals surface area contributed by atoms with Gasteiger partial charge in [0.15, 0.2) is 0 Å². The third-order valence-electron chi connectivity index (χ3n) is 4.28. The number of fused-ring (bicyclic) bond motifs is 1. The molecular formula is C17H15ClFN3O. The fraction of sp³-hybridized carbons (Fsp3) is 0.235. The van der Waals surface area contributed by atoms with Gasteiger partial charge in [-0.15, -0.1) is 0 Å². The zero-order valence-electron chi connectivity index (χ0n) is 12.3. The Hall–Kier alpha value is -2.11. The maximum Gasteiger partial charge on any atom is 0.340 e. The number of urea groups is 1. The van der Waals surface area contributed by atoms with Gasteiger partial charge in [0.2, 0.25) is 0 Å². The SMILES string of the molecule is O=C1N(c2cccc(Cl)c2)[C@H](c2ccc(F)cc2)N2CCCN12. The van der Waals surface area contributed by atoms with E-state index in [1.807, 2.05) is 17.1 Å². The maximum atomic E-state index is 13.3. The Labute approximate surface area is 138 Å². The second-order valence-electron chi connectivity index (χ2n) is 5.70. The van der Waals surface area contributed by atoms with Crippen molar-refractivity contribution >= 4 is 23.3 Å². The number of carbonyl (C=O) groups is 1. The molecule has 2 aliphatic rings. The van der Waals surface area contributed by atoms with Gasteiger partial charge in [-0.05, 0) is 42.3 Å². The molecule has 118 valence electrons. The second kappa shape index (κ2) is 5.51. The Morgan fingerprint density at radius 3 is 2.61 bits per heavy atom. The van der Waals surface area contributed by atoms with Crippen LogP contribution in [-0.2, 0) is 0 Å². The molecule has 2 aromatic carbocycles. The lowest BCUT2D eigenvalue weighted by Gasteiger charge is -2.28. The molecule has 23 heavy (non-hydrogen) atoms. The smallest absolute Gasteiger partial charge is 0.271 e. The number of carbonyl (C=O) groups excluding carboxylic acids is 1.